The van der Waals surface area contributed by atoms with Gasteiger partial charge in [0, 0.05) is 43.3 Å². The molecule has 1 heterocycles. The number of hydrogen-bond donors (Lipinski definition) is 1. The van der Waals surface area contributed by atoms with Gasteiger partial charge in [-0.15, -0.1) is 0 Å². The van der Waals surface area contributed by atoms with Gasteiger partial charge in [-0.25, -0.2) is 8.42 Å². The molecule has 1 N–H and O–H groups in total. The maximum Gasteiger partial charge on any atom is 0.289 e. The Bertz CT molecular complexity index is 1260. The van der Waals surface area contributed by atoms with Crippen molar-refractivity contribution in [1.29, 1.82) is 0 Å². The smallest absolute Gasteiger partial charge is 0.289 e. The first-order valence-electron chi connectivity index (χ1n) is 10.1. The van der Waals surface area contributed by atoms with Crippen molar-refractivity contribution in [2.24, 2.45) is 0 Å². The van der Waals surface area contributed by atoms with E-state index in [0.29, 0.717) is 13.1 Å². The highest BCUT2D eigenvalue weighted by Gasteiger charge is 2.33. The van der Waals surface area contributed by atoms with Crippen molar-refractivity contribution < 1.29 is 18.1 Å². The van der Waals surface area contributed by atoms with E-state index in [-0.39, 0.29) is 30.4 Å². The first-order chi connectivity index (χ1) is 15.4. The maximum atomic E-state index is 12.9. The SMILES string of the molecule is O=C(CN1CCN(S(=O)(=O)c2ccccc2[N+](=O)[O-])CC1)Nc1cccc2ccccc12. The van der Waals surface area contributed by atoms with E-state index >= 15 is 0 Å². The van der Waals surface area contributed by atoms with Gasteiger partial charge in [-0.05, 0) is 17.5 Å². The van der Waals surface area contributed by atoms with E-state index in [0.717, 1.165) is 16.5 Å². The Morgan fingerprint density at radius 2 is 1.59 bits per heavy atom. The molecule has 9 nitrogen and oxygen atoms in total. The summed E-state index contributed by atoms with van der Waals surface area (Å²) in [5, 5.41) is 16.1. The van der Waals surface area contributed by atoms with Gasteiger partial charge >= 0.3 is 0 Å². The van der Waals surface area contributed by atoms with Crippen LogP contribution < -0.4 is 5.32 Å². The molecule has 1 aliphatic rings. The zero-order chi connectivity index (χ0) is 22.7. The lowest BCUT2D eigenvalue weighted by atomic mass is 10.1. The summed E-state index contributed by atoms with van der Waals surface area (Å²) >= 11 is 0. The fraction of sp³-hybridized carbons (Fsp3) is 0.227. The number of carbonyl (C=O) groups is 1. The van der Waals surface area contributed by atoms with Crippen LogP contribution >= 0.6 is 0 Å². The fourth-order valence-corrected chi connectivity index (χ4v) is 5.40. The highest BCUT2D eigenvalue weighted by Crippen LogP contribution is 2.27. The summed E-state index contributed by atoms with van der Waals surface area (Å²) in [5.41, 5.74) is 0.287. The summed E-state index contributed by atoms with van der Waals surface area (Å²) in [6.07, 6.45) is 0. The van der Waals surface area contributed by atoms with Gasteiger partial charge < -0.3 is 5.32 Å². The number of nitro groups is 1. The van der Waals surface area contributed by atoms with Gasteiger partial charge in [-0.2, -0.15) is 4.31 Å². The van der Waals surface area contributed by atoms with Crippen LogP contribution in [-0.4, -0.2) is 61.2 Å². The molecule has 1 amide bonds. The van der Waals surface area contributed by atoms with Crippen molar-refractivity contribution in [2.45, 2.75) is 4.90 Å². The number of para-hydroxylation sites is 1. The second-order valence-corrected chi connectivity index (χ2v) is 9.39. The number of amides is 1. The quantitative estimate of drug-likeness (QED) is 0.453. The van der Waals surface area contributed by atoms with Crippen LogP contribution in [0.15, 0.2) is 71.6 Å². The molecule has 10 heteroatoms. The summed E-state index contributed by atoms with van der Waals surface area (Å²) < 4.78 is 27.1. The van der Waals surface area contributed by atoms with Gasteiger partial charge in [0.05, 0.1) is 11.5 Å². The summed E-state index contributed by atoms with van der Waals surface area (Å²) in [6.45, 7) is 1.13. The zero-order valence-electron chi connectivity index (χ0n) is 17.2. The molecule has 166 valence electrons. The molecule has 0 unspecified atom stereocenters. The first kappa shape index (κ1) is 21.9. The molecule has 0 atom stereocenters. The highest BCUT2D eigenvalue weighted by molar-refractivity contribution is 7.89. The fourth-order valence-electron chi connectivity index (χ4n) is 3.82. The third-order valence-corrected chi connectivity index (χ3v) is 7.39. The number of nitro benzene ring substituents is 1. The molecule has 1 fully saturated rings. The van der Waals surface area contributed by atoms with Crippen LogP contribution in [0.5, 0.6) is 0 Å². The molecular weight excluding hydrogens is 432 g/mol. The van der Waals surface area contributed by atoms with Crippen molar-refractivity contribution in [3.05, 3.63) is 76.8 Å². The average molecular weight is 455 g/mol. The minimum atomic E-state index is -4.00. The molecule has 32 heavy (non-hydrogen) atoms. The molecule has 0 saturated carbocycles. The number of nitrogens with one attached hydrogen (secondary N) is 1. The van der Waals surface area contributed by atoms with Crippen LogP contribution in [0.25, 0.3) is 10.8 Å². The van der Waals surface area contributed by atoms with E-state index in [1.54, 1.807) is 0 Å². The second-order valence-electron chi connectivity index (χ2n) is 7.48. The second kappa shape index (κ2) is 9.03. The van der Waals surface area contributed by atoms with Crippen LogP contribution in [0.2, 0.25) is 0 Å². The molecule has 1 saturated heterocycles. The number of nitrogens with zero attached hydrogens (tertiary/aromatic N) is 3. The van der Waals surface area contributed by atoms with E-state index in [9.17, 15) is 23.3 Å². The van der Waals surface area contributed by atoms with Crippen LogP contribution in [0.1, 0.15) is 0 Å². The number of anilines is 1. The Labute approximate surface area is 185 Å². The van der Waals surface area contributed by atoms with Gasteiger partial charge in [0.25, 0.3) is 5.69 Å². The lowest BCUT2D eigenvalue weighted by molar-refractivity contribution is -0.387. The molecule has 3 aromatic carbocycles. The molecule has 0 radical (unpaired) electrons. The molecule has 4 rings (SSSR count). The van der Waals surface area contributed by atoms with Crippen LogP contribution in [-0.2, 0) is 14.8 Å². The Kier molecular flexibility index (Phi) is 6.17. The number of piperazine rings is 1. The van der Waals surface area contributed by atoms with E-state index in [2.05, 4.69) is 5.32 Å². The summed E-state index contributed by atoms with van der Waals surface area (Å²) in [5.74, 6) is -0.184. The van der Waals surface area contributed by atoms with Gasteiger partial charge in [0.2, 0.25) is 15.9 Å². The van der Waals surface area contributed by atoms with Crippen molar-refractivity contribution in [3.8, 4) is 0 Å². The topological polar surface area (TPSA) is 113 Å². The molecule has 1 aliphatic heterocycles. The van der Waals surface area contributed by atoms with Crippen molar-refractivity contribution in [1.82, 2.24) is 9.21 Å². The minimum absolute atomic E-state index is 0.128. The normalized spacial score (nSPS) is 15.5. The zero-order valence-corrected chi connectivity index (χ0v) is 18.0. The average Bonchev–Trinajstić information content (AvgIpc) is 2.79. The Morgan fingerprint density at radius 3 is 2.34 bits per heavy atom. The van der Waals surface area contributed by atoms with E-state index in [1.165, 1.54) is 28.6 Å². The third kappa shape index (κ3) is 4.47. The number of hydrogen-bond acceptors (Lipinski definition) is 6. The molecule has 3 aromatic rings. The third-order valence-electron chi connectivity index (χ3n) is 5.44. The summed E-state index contributed by atoms with van der Waals surface area (Å²) in [6, 6.07) is 18.8. The number of rotatable bonds is 6. The molecule has 0 spiro atoms. The lowest BCUT2D eigenvalue weighted by Crippen LogP contribution is -2.50. The number of sulfonamides is 1. The Balaban J connectivity index is 1.39. The minimum Gasteiger partial charge on any atom is -0.324 e. The highest BCUT2D eigenvalue weighted by atomic mass is 32.2. The monoisotopic (exact) mass is 454 g/mol. The van der Waals surface area contributed by atoms with Gasteiger partial charge in [0.15, 0.2) is 4.90 Å². The molecular formula is C22H22N4O5S. The first-order valence-corrected chi connectivity index (χ1v) is 11.5. The largest absolute Gasteiger partial charge is 0.324 e. The standard InChI is InChI=1S/C22H22N4O5S/c27-22(23-19-9-5-7-17-6-1-2-8-18(17)19)16-24-12-14-25(15-13-24)32(30,31)21-11-4-3-10-20(21)26(28)29/h1-11H,12-16H2,(H,23,27). The van der Waals surface area contributed by atoms with E-state index in [1.807, 2.05) is 47.4 Å². The summed E-state index contributed by atoms with van der Waals surface area (Å²) in [4.78, 5) is 24.7. The van der Waals surface area contributed by atoms with Crippen molar-refractivity contribution in [2.75, 3.05) is 38.0 Å². The number of benzene rings is 3. The van der Waals surface area contributed by atoms with Gasteiger partial charge in [0.1, 0.15) is 0 Å². The van der Waals surface area contributed by atoms with Crippen LogP contribution in [0, 0.1) is 10.1 Å². The van der Waals surface area contributed by atoms with Crippen LogP contribution in [0.4, 0.5) is 11.4 Å². The number of carbonyl (C=O) groups excluding carboxylic acids is 1. The molecule has 0 bridgehead atoms. The van der Waals surface area contributed by atoms with E-state index in [4.69, 9.17) is 0 Å². The number of fused-ring (bicyclic) bond motifs is 1. The van der Waals surface area contributed by atoms with Gasteiger partial charge in [-0.1, -0.05) is 48.5 Å². The Hall–Kier alpha value is -3.34. The summed E-state index contributed by atoms with van der Waals surface area (Å²) in [7, 11) is -4.00. The molecule has 0 aromatic heterocycles. The van der Waals surface area contributed by atoms with E-state index < -0.39 is 20.6 Å². The van der Waals surface area contributed by atoms with Crippen molar-refractivity contribution >= 4 is 38.1 Å². The van der Waals surface area contributed by atoms with Crippen molar-refractivity contribution in [3.63, 3.8) is 0 Å². The van der Waals surface area contributed by atoms with Gasteiger partial charge in [-0.3, -0.25) is 19.8 Å². The maximum absolute atomic E-state index is 12.9. The Morgan fingerprint density at radius 1 is 0.938 bits per heavy atom. The molecule has 0 aliphatic carbocycles. The predicted molar refractivity (Wildman–Crippen MR) is 121 cm³/mol. The van der Waals surface area contributed by atoms with Crippen LogP contribution in [0.3, 0.4) is 0 Å². The predicted octanol–water partition coefficient (Wildman–Crippen LogP) is 2.69. The lowest BCUT2D eigenvalue weighted by Gasteiger charge is -2.33.